The van der Waals surface area contributed by atoms with Gasteiger partial charge in [0.05, 0.1) is 31.8 Å². The van der Waals surface area contributed by atoms with E-state index in [2.05, 4.69) is 44.0 Å². The average Bonchev–Trinajstić information content (AvgIpc) is 3.20. The molecule has 3 aromatic carbocycles. The summed E-state index contributed by atoms with van der Waals surface area (Å²) in [7, 11) is 0. The van der Waals surface area contributed by atoms with E-state index in [1.54, 1.807) is 16.7 Å². The zero-order valence-corrected chi connectivity index (χ0v) is 23.8. The number of benzene rings is 3. The number of ether oxygens (including phenoxy) is 1. The van der Waals surface area contributed by atoms with Gasteiger partial charge in [-0.15, -0.1) is 0 Å². The molecule has 4 nitrogen and oxygen atoms in total. The summed E-state index contributed by atoms with van der Waals surface area (Å²) in [4.78, 5) is 19.5. The van der Waals surface area contributed by atoms with Crippen molar-refractivity contribution < 1.29 is 9.13 Å². The van der Waals surface area contributed by atoms with Gasteiger partial charge in [0.25, 0.3) is 5.56 Å². The van der Waals surface area contributed by atoms with Gasteiger partial charge in [0.15, 0.2) is 4.80 Å². The van der Waals surface area contributed by atoms with E-state index in [0.717, 1.165) is 55.5 Å². The molecule has 6 rings (SSSR count). The topological polar surface area (TPSA) is 43.6 Å². The van der Waals surface area contributed by atoms with Gasteiger partial charge >= 0.3 is 0 Å². The van der Waals surface area contributed by atoms with E-state index >= 15 is 0 Å². The van der Waals surface area contributed by atoms with Gasteiger partial charge < -0.3 is 4.74 Å². The summed E-state index contributed by atoms with van der Waals surface area (Å²) in [5.74, 6) is 0.426. The van der Waals surface area contributed by atoms with Crippen LogP contribution in [0.15, 0.2) is 85.0 Å². The average molecular weight is 640 g/mol. The predicted molar refractivity (Wildman–Crippen MR) is 152 cm³/mol. The summed E-state index contributed by atoms with van der Waals surface area (Å²) in [6.45, 7) is 2.48. The molecule has 0 spiro atoms. The Balaban J connectivity index is 1.57. The standard InChI is InChI=1S/C29H21Br2FN2O2S/c1-2-36-27-22(30)13-16(14-23(27)31)15-24-28(35)34-26(18-7-10-19(32)11-8-18)21-12-9-17-5-3-4-6-20(17)25(21)33-29(34)37-24/h3-8,10-11,13-15,26H,2,9,12H2,1H3/b24-15+/t26-/m1/s1. The van der Waals surface area contributed by atoms with Gasteiger partial charge in [-0.2, -0.15) is 0 Å². The van der Waals surface area contributed by atoms with Crippen molar-refractivity contribution in [1.82, 2.24) is 4.57 Å². The van der Waals surface area contributed by atoms with Crippen LogP contribution >= 0.6 is 43.2 Å². The van der Waals surface area contributed by atoms with Gasteiger partial charge in [-0.05, 0) is 104 Å². The second-order valence-corrected chi connectivity index (χ2v) is 11.6. The van der Waals surface area contributed by atoms with Gasteiger partial charge in [-0.3, -0.25) is 9.36 Å². The third-order valence-electron chi connectivity index (χ3n) is 6.67. The third-order valence-corrected chi connectivity index (χ3v) is 8.83. The highest BCUT2D eigenvalue weighted by molar-refractivity contribution is 9.11. The quantitative estimate of drug-likeness (QED) is 0.260. The summed E-state index contributed by atoms with van der Waals surface area (Å²) in [6, 6.07) is 18.3. The molecule has 4 aromatic rings. The van der Waals surface area contributed by atoms with Crippen molar-refractivity contribution in [3.8, 4) is 5.75 Å². The molecule has 186 valence electrons. The molecule has 0 fully saturated rings. The molecule has 2 aliphatic rings. The lowest BCUT2D eigenvalue weighted by atomic mass is 9.83. The number of hydrogen-bond acceptors (Lipinski definition) is 4. The molecule has 2 heterocycles. The first-order valence-corrected chi connectivity index (χ1v) is 14.3. The second kappa shape index (κ2) is 9.82. The Morgan fingerprint density at radius 3 is 2.57 bits per heavy atom. The molecule has 0 saturated carbocycles. The summed E-state index contributed by atoms with van der Waals surface area (Å²) >= 11 is 8.53. The molecule has 1 aliphatic heterocycles. The van der Waals surface area contributed by atoms with Crippen LogP contribution in [0.2, 0.25) is 0 Å². The summed E-state index contributed by atoms with van der Waals surface area (Å²) in [6.07, 6.45) is 3.55. The van der Waals surface area contributed by atoms with Gasteiger partial charge in [-0.25, -0.2) is 9.38 Å². The Bertz CT molecular complexity index is 1730. The summed E-state index contributed by atoms with van der Waals surface area (Å²) in [5.41, 5.74) is 6.01. The van der Waals surface area contributed by atoms with Crippen molar-refractivity contribution in [3.63, 3.8) is 0 Å². The Morgan fingerprint density at radius 1 is 1.11 bits per heavy atom. The maximum Gasteiger partial charge on any atom is 0.271 e. The number of aromatic nitrogens is 1. The Hall–Kier alpha value is -2.81. The fourth-order valence-electron chi connectivity index (χ4n) is 5.06. The van der Waals surface area contributed by atoms with Crippen LogP contribution in [0.5, 0.6) is 5.75 Å². The number of hydrogen-bond donors (Lipinski definition) is 0. The van der Waals surface area contributed by atoms with E-state index in [0.29, 0.717) is 15.9 Å². The van der Waals surface area contributed by atoms with E-state index < -0.39 is 0 Å². The van der Waals surface area contributed by atoms with Crippen molar-refractivity contribution >= 4 is 55.0 Å². The first-order chi connectivity index (χ1) is 17.9. The number of aryl methyl sites for hydroxylation is 1. The largest absolute Gasteiger partial charge is 0.492 e. The lowest BCUT2D eigenvalue weighted by molar-refractivity contribution is 0.336. The van der Waals surface area contributed by atoms with Crippen LogP contribution in [0, 0.1) is 5.82 Å². The van der Waals surface area contributed by atoms with Crippen LogP contribution < -0.4 is 19.6 Å². The van der Waals surface area contributed by atoms with E-state index in [-0.39, 0.29) is 17.4 Å². The molecular weight excluding hydrogens is 619 g/mol. The summed E-state index contributed by atoms with van der Waals surface area (Å²) in [5, 5.41) is 0. The molecule has 1 atom stereocenters. The number of thiazole rings is 1. The minimum absolute atomic E-state index is 0.107. The number of nitrogens with zero attached hydrogens (tertiary/aromatic N) is 2. The van der Waals surface area contributed by atoms with Crippen LogP contribution in [0.4, 0.5) is 4.39 Å². The van der Waals surface area contributed by atoms with Crippen molar-refractivity contribution in [2.24, 2.45) is 4.99 Å². The SMILES string of the molecule is CCOc1c(Br)cc(/C=c2/sc3n(c2=O)[C@H](c2ccc(F)cc2)C2=C(N=3)c3ccccc3CC2)cc1Br. The molecule has 0 N–H and O–H groups in total. The van der Waals surface area contributed by atoms with Gasteiger partial charge in [-0.1, -0.05) is 47.7 Å². The van der Waals surface area contributed by atoms with E-state index in [9.17, 15) is 9.18 Å². The van der Waals surface area contributed by atoms with Crippen LogP contribution in [0.3, 0.4) is 0 Å². The molecular formula is C29H21Br2FN2O2S. The van der Waals surface area contributed by atoms with Crippen LogP contribution in [0.25, 0.3) is 11.8 Å². The fraction of sp³-hybridized carbons (Fsp3) is 0.172. The summed E-state index contributed by atoms with van der Waals surface area (Å²) < 4.78 is 23.5. The minimum Gasteiger partial charge on any atom is -0.492 e. The number of fused-ring (bicyclic) bond motifs is 3. The smallest absolute Gasteiger partial charge is 0.271 e. The van der Waals surface area contributed by atoms with Gasteiger partial charge in [0.2, 0.25) is 0 Å². The van der Waals surface area contributed by atoms with E-state index in [1.165, 1.54) is 29.0 Å². The fourth-order valence-corrected chi connectivity index (χ4v) is 7.52. The minimum atomic E-state index is -0.332. The second-order valence-electron chi connectivity index (χ2n) is 8.91. The van der Waals surface area contributed by atoms with Crippen LogP contribution in [-0.4, -0.2) is 11.2 Å². The molecule has 0 amide bonds. The Morgan fingerprint density at radius 2 is 1.84 bits per heavy atom. The van der Waals surface area contributed by atoms with Crippen molar-refractivity contribution in [1.29, 1.82) is 0 Å². The number of allylic oxidation sites excluding steroid dienone is 1. The molecule has 1 aliphatic carbocycles. The maximum absolute atomic E-state index is 13.9. The van der Waals surface area contributed by atoms with Crippen molar-refractivity contribution in [2.75, 3.05) is 6.61 Å². The van der Waals surface area contributed by atoms with Gasteiger partial charge in [0, 0.05) is 5.56 Å². The zero-order valence-electron chi connectivity index (χ0n) is 19.8. The molecule has 0 unspecified atom stereocenters. The highest BCUT2D eigenvalue weighted by Crippen LogP contribution is 2.41. The maximum atomic E-state index is 13.9. The van der Waals surface area contributed by atoms with Crippen LogP contribution in [-0.2, 0) is 6.42 Å². The zero-order chi connectivity index (χ0) is 25.7. The molecule has 8 heteroatoms. The lowest BCUT2D eigenvalue weighted by Crippen LogP contribution is -2.38. The molecule has 37 heavy (non-hydrogen) atoms. The van der Waals surface area contributed by atoms with Crippen molar-refractivity contribution in [2.45, 2.75) is 25.8 Å². The first kappa shape index (κ1) is 24.5. The Kier molecular flexibility index (Phi) is 6.51. The highest BCUT2D eigenvalue weighted by atomic mass is 79.9. The van der Waals surface area contributed by atoms with Gasteiger partial charge in [0.1, 0.15) is 11.6 Å². The number of halogens is 3. The highest BCUT2D eigenvalue weighted by Gasteiger charge is 2.32. The predicted octanol–water partition coefficient (Wildman–Crippen LogP) is 6.38. The molecule has 0 saturated heterocycles. The lowest BCUT2D eigenvalue weighted by Gasteiger charge is -2.30. The molecule has 0 bridgehead atoms. The third kappa shape index (κ3) is 4.35. The monoisotopic (exact) mass is 638 g/mol. The van der Waals surface area contributed by atoms with Crippen molar-refractivity contribution in [3.05, 3.63) is 123 Å². The first-order valence-electron chi connectivity index (χ1n) is 11.9. The number of rotatable bonds is 4. The molecule has 1 aromatic heterocycles. The van der Waals surface area contributed by atoms with E-state index in [1.807, 2.05) is 37.3 Å². The Labute approximate surface area is 233 Å². The normalized spacial score (nSPS) is 16.6. The van der Waals surface area contributed by atoms with Crippen LogP contribution in [0.1, 0.15) is 41.6 Å². The molecule has 0 radical (unpaired) electrons. The van der Waals surface area contributed by atoms with E-state index in [4.69, 9.17) is 9.73 Å².